The molecule has 0 aromatic heterocycles. The van der Waals surface area contributed by atoms with Gasteiger partial charge in [-0.15, -0.1) is 0 Å². The summed E-state index contributed by atoms with van der Waals surface area (Å²) in [5, 5.41) is 0. The second-order valence-corrected chi connectivity index (χ2v) is 9.47. The third-order valence-corrected chi connectivity index (χ3v) is 6.13. The summed E-state index contributed by atoms with van der Waals surface area (Å²) >= 11 is 0. The van der Waals surface area contributed by atoms with Crippen LogP contribution in [0.4, 0.5) is 0 Å². The van der Waals surface area contributed by atoms with Crippen molar-refractivity contribution in [3.8, 4) is 0 Å². The Balaban J connectivity index is -0.0000000705. The molecule has 0 N–H and O–H groups in total. The first-order chi connectivity index (χ1) is 15.3. The summed E-state index contributed by atoms with van der Waals surface area (Å²) in [6.07, 6.45) is 13.5. The van der Waals surface area contributed by atoms with Gasteiger partial charge in [-0.2, -0.15) is 0 Å². The highest BCUT2D eigenvalue weighted by Gasteiger charge is 1.98. The molecule has 0 spiro atoms. The largest absolute Gasteiger partial charge is 0.307 e. The smallest absolute Gasteiger partial charge is 0.00213 e. The van der Waals surface area contributed by atoms with Crippen LogP contribution < -0.4 is 0 Å². The first kappa shape index (κ1) is 52.3. The average Bonchev–Trinajstić information content (AvgIpc) is 2.81. The predicted molar refractivity (Wildman–Crippen MR) is 177 cm³/mol. The summed E-state index contributed by atoms with van der Waals surface area (Å²) in [5.74, 6) is 0. The van der Waals surface area contributed by atoms with Crippen molar-refractivity contribution >= 4 is 0 Å². The zero-order valence-corrected chi connectivity index (χ0v) is 24.5. The molecule has 0 aromatic rings. The van der Waals surface area contributed by atoms with Crippen LogP contribution in [0.1, 0.15) is 135 Å². The second-order valence-electron chi connectivity index (χ2n) is 9.47. The van der Waals surface area contributed by atoms with Crippen LogP contribution >= 0.6 is 0 Å². The maximum atomic E-state index is 2.45. The molecule has 4 nitrogen and oxygen atoms in total. The highest BCUT2D eigenvalue weighted by atomic mass is 15.1. The maximum Gasteiger partial charge on any atom is -0.00213 e. The lowest BCUT2D eigenvalue weighted by molar-refractivity contribution is 0.296. The van der Waals surface area contributed by atoms with Gasteiger partial charge in [0.25, 0.3) is 0 Å². The molecule has 0 aliphatic rings. The molecular formula is C32H82N4. The lowest BCUT2D eigenvalue weighted by atomic mass is 10.2. The molecule has 0 atom stereocenters. The van der Waals surface area contributed by atoms with Crippen molar-refractivity contribution in [2.24, 2.45) is 0 Å². The van der Waals surface area contributed by atoms with Crippen LogP contribution in [0.2, 0.25) is 0 Å². The Bertz CT molecular complexity index is 297. The lowest BCUT2D eigenvalue weighted by Gasteiger charge is -2.17. The standard InChI is InChI=1S/C12H28N2.C10H24N2.C6H14.4CH4/c1-5-7-10-14(4)12-9-8-11-13(3)6-2;1-5-11(3)9-7-8-10-12(4)6-2;1-3-5-6-4-2;;;;/h5-12H2,1-4H3;5-10H2,1-4H3;3-6H2,1-2H3;4*1H4. The van der Waals surface area contributed by atoms with Gasteiger partial charge in [-0.05, 0) is 113 Å². The van der Waals surface area contributed by atoms with Gasteiger partial charge in [0.2, 0.25) is 0 Å². The van der Waals surface area contributed by atoms with Crippen molar-refractivity contribution in [3.63, 3.8) is 0 Å². The molecule has 0 rings (SSSR count). The van der Waals surface area contributed by atoms with Gasteiger partial charge in [0.05, 0.1) is 0 Å². The monoisotopic (exact) mass is 523 g/mol. The fraction of sp³-hybridized carbons (Fsp3) is 1.00. The molecule has 0 heterocycles. The number of hydrogen-bond acceptors (Lipinski definition) is 4. The molecule has 0 aliphatic carbocycles. The van der Waals surface area contributed by atoms with Crippen LogP contribution in [0.3, 0.4) is 0 Å². The van der Waals surface area contributed by atoms with Crippen LogP contribution in [-0.4, -0.2) is 100 Å². The van der Waals surface area contributed by atoms with Crippen molar-refractivity contribution < 1.29 is 0 Å². The summed E-state index contributed by atoms with van der Waals surface area (Å²) in [6, 6.07) is 0. The molecular weight excluding hydrogens is 440 g/mol. The summed E-state index contributed by atoms with van der Waals surface area (Å²) in [6.45, 7) is 23.1. The summed E-state index contributed by atoms with van der Waals surface area (Å²) in [4.78, 5) is 9.57. The van der Waals surface area contributed by atoms with Crippen LogP contribution in [0.15, 0.2) is 0 Å². The van der Waals surface area contributed by atoms with Gasteiger partial charge in [0.1, 0.15) is 0 Å². The Hall–Kier alpha value is -0.160. The van der Waals surface area contributed by atoms with Crippen LogP contribution in [0, 0.1) is 0 Å². The van der Waals surface area contributed by atoms with E-state index in [1.54, 1.807) is 0 Å². The molecule has 0 saturated heterocycles. The van der Waals surface area contributed by atoms with E-state index in [0.29, 0.717) is 0 Å². The van der Waals surface area contributed by atoms with E-state index in [4.69, 9.17) is 0 Å². The highest BCUT2D eigenvalue weighted by Crippen LogP contribution is 1.98. The van der Waals surface area contributed by atoms with Gasteiger partial charge in [-0.3, -0.25) is 0 Å². The Morgan fingerprint density at radius 3 is 0.750 bits per heavy atom. The van der Waals surface area contributed by atoms with Crippen molar-refractivity contribution in [1.29, 1.82) is 0 Å². The first-order valence-electron chi connectivity index (χ1n) is 14.1. The molecule has 36 heavy (non-hydrogen) atoms. The molecule has 0 aliphatic heterocycles. The van der Waals surface area contributed by atoms with E-state index >= 15 is 0 Å². The molecule has 4 heteroatoms. The maximum absolute atomic E-state index is 2.45. The average molecular weight is 523 g/mol. The zero-order valence-electron chi connectivity index (χ0n) is 24.5. The fourth-order valence-electron chi connectivity index (χ4n) is 3.04. The second kappa shape index (κ2) is 44.8. The summed E-state index contributed by atoms with van der Waals surface area (Å²) in [5.41, 5.74) is 0. The molecule has 0 unspecified atom stereocenters. The lowest BCUT2D eigenvalue weighted by Crippen LogP contribution is -2.23. The minimum Gasteiger partial charge on any atom is -0.307 e. The third-order valence-electron chi connectivity index (χ3n) is 6.13. The quantitative estimate of drug-likeness (QED) is 0.157. The molecule has 0 fully saturated rings. The van der Waals surface area contributed by atoms with Gasteiger partial charge in [0.15, 0.2) is 0 Å². The van der Waals surface area contributed by atoms with Gasteiger partial charge in [-0.1, -0.05) is 103 Å². The molecule has 230 valence electrons. The van der Waals surface area contributed by atoms with Gasteiger partial charge < -0.3 is 19.6 Å². The van der Waals surface area contributed by atoms with Crippen molar-refractivity contribution in [2.45, 2.75) is 135 Å². The molecule has 0 amide bonds. The fourth-order valence-corrected chi connectivity index (χ4v) is 3.04. The Labute approximate surface area is 235 Å². The van der Waals surface area contributed by atoms with Crippen molar-refractivity contribution in [3.05, 3.63) is 0 Å². The normalized spacial score (nSPS) is 9.83. The Kier molecular flexibility index (Phi) is 65.1. The van der Waals surface area contributed by atoms with Crippen LogP contribution in [0.25, 0.3) is 0 Å². The molecule has 0 radical (unpaired) electrons. The Morgan fingerprint density at radius 2 is 0.528 bits per heavy atom. The van der Waals surface area contributed by atoms with E-state index in [1.165, 1.54) is 117 Å². The SMILES string of the molecule is C.C.C.C.CCCCCC.CCCCN(C)CCCCN(C)CC.CCN(C)CCCCN(C)CC. The molecule has 0 aromatic carbocycles. The number of unbranched alkanes of at least 4 members (excludes halogenated alkanes) is 6. The van der Waals surface area contributed by atoms with E-state index in [2.05, 4.69) is 89.3 Å². The summed E-state index contributed by atoms with van der Waals surface area (Å²) in [7, 11) is 8.80. The van der Waals surface area contributed by atoms with Gasteiger partial charge in [-0.25, -0.2) is 0 Å². The number of hydrogen-bond donors (Lipinski definition) is 0. The summed E-state index contributed by atoms with van der Waals surface area (Å²) < 4.78 is 0. The molecule has 0 saturated carbocycles. The number of rotatable bonds is 19. The van der Waals surface area contributed by atoms with Crippen molar-refractivity contribution in [2.75, 3.05) is 80.5 Å². The first-order valence-corrected chi connectivity index (χ1v) is 14.1. The topological polar surface area (TPSA) is 13.0 Å². The number of nitrogens with zero attached hydrogens (tertiary/aromatic N) is 4. The van der Waals surface area contributed by atoms with E-state index < -0.39 is 0 Å². The van der Waals surface area contributed by atoms with Gasteiger partial charge in [0, 0.05) is 0 Å². The minimum atomic E-state index is 0. The van der Waals surface area contributed by atoms with E-state index in [-0.39, 0.29) is 29.7 Å². The van der Waals surface area contributed by atoms with Crippen LogP contribution in [0.5, 0.6) is 0 Å². The van der Waals surface area contributed by atoms with Crippen LogP contribution in [-0.2, 0) is 0 Å². The zero-order chi connectivity index (χ0) is 25.0. The highest BCUT2D eigenvalue weighted by molar-refractivity contribution is 4.54. The predicted octanol–water partition coefficient (Wildman–Crippen LogP) is 9.25. The minimum absolute atomic E-state index is 0. The Morgan fingerprint density at radius 1 is 0.306 bits per heavy atom. The van der Waals surface area contributed by atoms with Crippen molar-refractivity contribution in [1.82, 2.24) is 19.6 Å². The van der Waals surface area contributed by atoms with E-state index in [9.17, 15) is 0 Å². The third kappa shape index (κ3) is 50.7. The van der Waals surface area contributed by atoms with Gasteiger partial charge >= 0.3 is 0 Å². The van der Waals surface area contributed by atoms with E-state index in [1.807, 2.05) is 0 Å². The van der Waals surface area contributed by atoms with E-state index in [0.717, 1.165) is 0 Å². The molecule has 0 bridgehead atoms.